The highest BCUT2D eigenvalue weighted by molar-refractivity contribution is 7.86. The third kappa shape index (κ3) is 7.82. The number of hydrogen-bond donors (Lipinski definition) is 0. The maximum atomic E-state index is 12.3. The van der Waals surface area contributed by atoms with E-state index < -0.39 is 10.1 Å². The summed E-state index contributed by atoms with van der Waals surface area (Å²) in [5, 5.41) is 0. The van der Waals surface area contributed by atoms with Crippen LogP contribution in [0.4, 0.5) is 0 Å². The van der Waals surface area contributed by atoms with Gasteiger partial charge in [0.1, 0.15) is 0 Å². The summed E-state index contributed by atoms with van der Waals surface area (Å²) in [4.78, 5) is 0.217. The Bertz CT molecular complexity index is 665. The van der Waals surface area contributed by atoms with E-state index in [-0.39, 0.29) is 29.8 Å². The molecule has 5 nitrogen and oxygen atoms in total. The van der Waals surface area contributed by atoms with Crippen LogP contribution in [0.3, 0.4) is 0 Å². The van der Waals surface area contributed by atoms with Gasteiger partial charge in [0.15, 0.2) is 6.29 Å². The Balaban J connectivity index is 1.66. The van der Waals surface area contributed by atoms with Crippen LogP contribution in [0.1, 0.15) is 64.9 Å². The summed E-state index contributed by atoms with van der Waals surface area (Å²) in [7, 11) is -3.68. The Morgan fingerprint density at radius 3 is 2.46 bits per heavy atom. The monoisotopic (exact) mass is 412 g/mol. The molecule has 6 heteroatoms. The second kappa shape index (κ2) is 11.3. The summed E-state index contributed by atoms with van der Waals surface area (Å²) in [5.41, 5.74) is 1.02. The van der Waals surface area contributed by atoms with Crippen LogP contribution >= 0.6 is 0 Å². The van der Waals surface area contributed by atoms with E-state index in [4.69, 9.17) is 13.7 Å². The molecule has 2 rings (SSSR count). The van der Waals surface area contributed by atoms with Gasteiger partial charge in [-0.1, -0.05) is 38.0 Å². The number of rotatable bonds is 11. The normalized spacial score (nSPS) is 21.2. The van der Waals surface area contributed by atoms with Gasteiger partial charge < -0.3 is 9.47 Å². The van der Waals surface area contributed by atoms with E-state index >= 15 is 0 Å². The summed E-state index contributed by atoms with van der Waals surface area (Å²) in [6.07, 6.45) is 6.40. The molecule has 1 aromatic carbocycles. The Morgan fingerprint density at radius 2 is 1.82 bits per heavy atom. The second-order valence-electron chi connectivity index (χ2n) is 8.20. The fraction of sp³-hybridized carbons (Fsp3) is 0.727. The molecule has 0 spiro atoms. The van der Waals surface area contributed by atoms with Crippen molar-refractivity contribution in [2.45, 2.75) is 83.5 Å². The Labute approximate surface area is 170 Å². The molecule has 0 saturated carbocycles. The number of hydrogen-bond acceptors (Lipinski definition) is 5. The van der Waals surface area contributed by atoms with Crippen LogP contribution in [-0.4, -0.2) is 34.0 Å². The highest BCUT2D eigenvalue weighted by atomic mass is 32.2. The Kier molecular flexibility index (Phi) is 9.41. The number of benzene rings is 1. The summed E-state index contributed by atoms with van der Waals surface area (Å²) < 4.78 is 41.5. The second-order valence-corrected chi connectivity index (χ2v) is 9.82. The maximum Gasteiger partial charge on any atom is 0.296 e. The molecule has 1 aliphatic rings. The molecule has 1 saturated heterocycles. The summed E-state index contributed by atoms with van der Waals surface area (Å²) in [6.45, 7) is 9.29. The van der Waals surface area contributed by atoms with E-state index in [1.165, 1.54) is 6.42 Å². The zero-order valence-corrected chi connectivity index (χ0v) is 18.5. The van der Waals surface area contributed by atoms with Crippen LogP contribution < -0.4 is 0 Å². The smallest absolute Gasteiger partial charge is 0.296 e. The first kappa shape index (κ1) is 23.3. The van der Waals surface area contributed by atoms with Crippen molar-refractivity contribution < 1.29 is 22.1 Å². The van der Waals surface area contributed by atoms with Gasteiger partial charge in [0.2, 0.25) is 0 Å². The molecule has 4 atom stereocenters. The summed E-state index contributed by atoms with van der Waals surface area (Å²) in [6, 6.07) is 6.74. The predicted octanol–water partition coefficient (Wildman–Crippen LogP) is 5.07. The van der Waals surface area contributed by atoms with Crippen molar-refractivity contribution in [1.29, 1.82) is 0 Å². The SMILES string of the molecule is Cc1ccc(S(=O)(=O)OC[C@H](C)CCC[C@H](C)C(C)OC2CCCCO2)cc1. The molecule has 1 heterocycles. The average Bonchev–Trinajstić information content (AvgIpc) is 2.67. The molecule has 1 aromatic rings. The lowest BCUT2D eigenvalue weighted by molar-refractivity contribution is -0.193. The topological polar surface area (TPSA) is 61.8 Å². The zero-order chi connectivity index (χ0) is 20.6. The third-order valence-corrected chi connectivity index (χ3v) is 6.78. The van der Waals surface area contributed by atoms with Crippen LogP contribution in [0.15, 0.2) is 29.2 Å². The van der Waals surface area contributed by atoms with Crippen LogP contribution in [0.5, 0.6) is 0 Å². The largest absolute Gasteiger partial charge is 0.353 e. The van der Waals surface area contributed by atoms with Crippen LogP contribution in [0, 0.1) is 18.8 Å². The average molecular weight is 413 g/mol. The van der Waals surface area contributed by atoms with E-state index in [2.05, 4.69) is 13.8 Å². The molecule has 1 fully saturated rings. The predicted molar refractivity (Wildman–Crippen MR) is 111 cm³/mol. The van der Waals surface area contributed by atoms with Gasteiger partial charge >= 0.3 is 0 Å². The van der Waals surface area contributed by atoms with Gasteiger partial charge in [-0.15, -0.1) is 0 Å². The van der Waals surface area contributed by atoms with Gasteiger partial charge in [0.25, 0.3) is 10.1 Å². The van der Waals surface area contributed by atoms with E-state index in [9.17, 15) is 8.42 Å². The van der Waals surface area contributed by atoms with E-state index in [1.54, 1.807) is 24.3 Å². The highest BCUT2D eigenvalue weighted by Crippen LogP contribution is 2.23. The first-order valence-corrected chi connectivity index (χ1v) is 11.9. The molecule has 28 heavy (non-hydrogen) atoms. The minimum absolute atomic E-state index is 0.0505. The molecule has 0 N–H and O–H groups in total. The van der Waals surface area contributed by atoms with Crippen molar-refractivity contribution in [3.8, 4) is 0 Å². The van der Waals surface area contributed by atoms with Crippen LogP contribution in [0.25, 0.3) is 0 Å². The molecule has 0 radical (unpaired) electrons. The lowest BCUT2D eigenvalue weighted by Gasteiger charge is -2.29. The molecule has 1 aliphatic heterocycles. The van der Waals surface area contributed by atoms with Crippen LogP contribution in [-0.2, 0) is 23.8 Å². The van der Waals surface area contributed by atoms with Gasteiger partial charge in [-0.3, -0.25) is 4.18 Å². The lowest BCUT2D eigenvalue weighted by Crippen LogP contribution is -2.29. The van der Waals surface area contributed by atoms with E-state index in [0.717, 1.165) is 44.3 Å². The van der Waals surface area contributed by atoms with Crippen molar-refractivity contribution in [3.63, 3.8) is 0 Å². The lowest BCUT2D eigenvalue weighted by atomic mass is 9.95. The van der Waals surface area contributed by atoms with Crippen molar-refractivity contribution >= 4 is 10.1 Å². The van der Waals surface area contributed by atoms with E-state index in [1.807, 2.05) is 13.8 Å². The molecule has 0 aliphatic carbocycles. The first-order chi connectivity index (χ1) is 13.3. The fourth-order valence-corrected chi connectivity index (χ4v) is 4.29. The zero-order valence-electron chi connectivity index (χ0n) is 17.7. The van der Waals surface area contributed by atoms with Crippen molar-refractivity contribution in [2.24, 2.45) is 11.8 Å². The van der Waals surface area contributed by atoms with E-state index in [0.29, 0.717) is 5.92 Å². The van der Waals surface area contributed by atoms with Crippen LogP contribution in [0.2, 0.25) is 0 Å². The fourth-order valence-electron chi connectivity index (χ4n) is 3.28. The minimum Gasteiger partial charge on any atom is -0.353 e. The van der Waals surface area contributed by atoms with Crippen molar-refractivity contribution in [1.82, 2.24) is 0 Å². The standard InChI is InChI=1S/C22H36O5S/c1-17-11-13-21(14-12-17)28(23,24)26-16-18(2)8-7-9-19(3)20(4)27-22-10-5-6-15-25-22/h11-14,18-20,22H,5-10,15-16H2,1-4H3/t18-,19+,20?,22?/m1/s1. The van der Waals surface area contributed by atoms with Gasteiger partial charge in [0, 0.05) is 6.61 Å². The minimum atomic E-state index is -3.68. The van der Waals surface area contributed by atoms with Gasteiger partial charge in [0.05, 0.1) is 17.6 Å². The van der Waals surface area contributed by atoms with Gasteiger partial charge in [-0.2, -0.15) is 8.42 Å². The molecule has 2 unspecified atom stereocenters. The Morgan fingerprint density at radius 1 is 1.11 bits per heavy atom. The van der Waals surface area contributed by atoms with Crippen molar-refractivity contribution in [2.75, 3.05) is 13.2 Å². The van der Waals surface area contributed by atoms with Gasteiger partial charge in [-0.05, 0) is 69.9 Å². The third-order valence-electron chi connectivity index (χ3n) is 5.48. The highest BCUT2D eigenvalue weighted by Gasteiger charge is 2.21. The maximum absolute atomic E-state index is 12.3. The Hall–Kier alpha value is -0.950. The molecule has 160 valence electrons. The van der Waals surface area contributed by atoms with Gasteiger partial charge in [-0.25, -0.2) is 0 Å². The first-order valence-electron chi connectivity index (χ1n) is 10.5. The molecular weight excluding hydrogens is 376 g/mol. The van der Waals surface area contributed by atoms with Crippen molar-refractivity contribution in [3.05, 3.63) is 29.8 Å². The molecule has 0 bridgehead atoms. The molecular formula is C22H36O5S. The molecule has 0 aromatic heterocycles. The number of aryl methyl sites for hydroxylation is 1. The summed E-state index contributed by atoms with van der Waals surface area (Å²) in [5.74, 6) is 0.625. The summed E-state index contributed by atoms with van der Waals surface area (Å²) >= 11 is 0. The quantitative estimate of drug-likeness (QED) is 0.475. The molecule has 0 amide bonds. The number of ether oxygens (including phenoxy) is 2.